The van der Waals surface area contributed by atoms with Gasteiger partial charge in [-0.15, -0.1) is 0 Å². The van der Waals surface area contributed by atoms with Crippen LogP contribution in [0.2, 0.25) is 19.1 Å². The third-order valence-corrected chi connectivity index (χ3v) is 4.11. The van der Waals surface area contributed by atoms with E-state index in [0.29, 0.717) is 0 Å². The van der Waals surface area contributed by atoms with Crippen LogP contribution < -0.4 is 0 Å². The second-order valence-electron chi connectivity index (χ2n) is 4.81. The molecule has 18 heavy (non-hydrogen) atoms. The summed E-state index contributed by atoms with van der Waals surface area (Å²) >= 11 is 0. The maximum absolute atomic E-state index is 11.6. The third kappa shape index (κ3) is 5.64. The highest BCUT2D eigenvalue weighted by atomic mass is 28.3. The monoisotopic (exact) mass is 261 g/mol. The Morgan fingerprint density at radius 3 is 2.61 bits per heavy atom. The predicted octanol–water partition coefficient (Wildman–Crippen LogP) is 2.75. The second-order valence-corrected chi connectivity index (χ2v) is 8.07. The van der Waals surface area contributed by atoms with E-state index < -0.39 is 8.80 Å². The Bertz CT molecular complexity index is 412. The molecule has 0 heterocycles. The van der Waals surface area contributed by atoms with E-state index in [9.17, 15) is 4.79 Å². The Hall–Kier alpha value is -1.60. The van der Waals surface area contributed by atoms with Gasteiger partial charge in [-0.3, -0.25) is 4.79 Å². The van der Waals surface area contributed by atoms with Crippen molar-refractivity contribution in [2.24, 2.45) is 5.92 Å². The van der Waals surface area contributed by atoms with E-state index in [0.717, 1.165) is 11.6 Å². The Morgan fingerprint density at radius 1 is 1.39 bits per heavy atom. The average Bonchev–Trinajstić information content (AvgIpc) is 2.36. The number of carbonyl (C=O) groups is 1. The van der Waals surface area contributed by atoms with E-state index in [4.69, 9.17) is 10.00 Å². The second kappa shape index (κ2) is 7.67. The molecular formula is C14H19NO2Si. The van der Waals surface area contributed by atoms with Crippen molar-refractivity contribution in [3.8, 4) is 6.07 Å². The molecule has 4 heteroatoms. The van der Waals surface area contributed by atoms with Gasteiger partial charge in [-0.1, -0.05) is 43.4 Å². The number of nitrogens with zero attached hydrogens (tertiary/aromatic N) is 1. The molecule has 0 fully saturated rings. The van der Waals surface area contributed by atoms with Crippen LogP contribution in [0.15, 0.2) is 30.3 Å². The summed E-state index contributed by atoms with van der Waals surface area (Å²) in [5.41, 5.74) is 0.970. The number of benzene rings is 1. The van der Waals surface area contributed by atoms with Gasteiger partial charge in [0.05, 0.1) is 18.4 Å². The van der Waals surface area contributed by atoms with E-state index in [-0.39, 0.29) is 24.9 Å². The Labute approximate surface area is 110 Å². The van der Waals surface area contributed by atoms with Gasteiger partial charge in [0.1, 0.15) is 6.61 Å². The zero-order valence-electron chi connectivity index (χ0n) is 10.9. The number of nitriles is 1. The highest BCUT2D eigenvalue weighted by Gasteiger charge is 2.16. The lowest BCUT2D eigenvalue weighted by Gasteiger charge is -2.10. The molecule has 1 rings (SSSR count). The maximum Gasteiger partial charge on any atom is 0.307 e. The number of hydrogen-bond donors (Lipinski definition) is 0. The molecule has 0 aliphatic heterocycles. The normalized spacial score (nSPS) is 11.9. The Balaban J connectivity index is 2.35. The molecule has 96 valence electrons. The SMILES string of the molecule is C[SiH](C)CC(C#N)CC(=O)OCc1ccccc1. The van der Waals surface area contributed by atoms with E-state index in [1.165, 1.54) is 0 Å². The molecule has 0 radical (unpaired) electrons. The zero-order chi connectivity index (χ0) is 13.4. The molecule has 0 spiro atoms. The van der Waals surface area contributed by atoms with Crippen molar-refractivity contribution in [2.75, 3.05) is 0 Å². The summed E-state index contributed by atoms with van der Waals surface area (Å²) in [6, 6.07) is 12.6. The molecule has 1 aromatic carbocycles. The van der Waals surface area contributed by atoms with Crippen LogP contribution >= 0.6 is 0 Å². The molecule has 1 atom stereocenters. The lowest BCUT2D eigenvalue weighted by molar-refractivity contribution is -0.145. The van der Waals surface area contributed by atoms with Crippen molar-refractivity contribution in [3.63, 3.8) is 0 Å². The van der Waals surface area contributed by atoms with Crippen LogP contribution in [0.4, 0.5) is 0 Å². The van der Waals surface area contributed by atoms with Crippen molar-refractivity contribution in [1.82, 2.24) is 0 Å². The van der Waals surface area contributed by atoms with Crippen molar-refractivity contribution in [3.05, 3.63) is 35.9 Å². The molecule has 0 amide bonds. The van der Waals surface area contributed by atoms with E-state index in [1.54, 1.807) is 0 Å². The first-order chi connectivity index (χ1) is 8.61. The number of hydrogen-bond acceptors (Lipinski definition) is 3. The molecule has 1 unspecified atom stereocenters. The van der Waals surface area contributed by atoms with Crippen LogP contribution in [-0.4, -0.2) is 14.8 Å². The first kappa shape index (κ1) is 14.5. The van der Waals surface area contributed by atoms with Gasteiger partial charge in [-0.25, -0.2) is 0 Å². The fourth-order valence-electron chi connectivity index (χ4n) is 1.75. The standard InChI is InChI=1S/C14H19NO2Si/c1-18(2)11-13(9-15)8-14(16)17-10-12-6-4-3-5-7-12/h3-7,13,18H,8,10-11H2,1-2H3. The van der Waals surface area contributed by atoms with Crippen molar-refractivity contribution in [1.29, 1.82) is 5.26 Å². The van der Waals surface area contributed by atoms with Gasteiger partial charge in [0.2, 0.25) is 0 Å². The van der Waals surface area contributed by atoms with E-state index in [2.05, 4.69) is 19.2 Å². The molecule has 0 bridgehead atoms. The predicted molar refractivity (Wildman–Crippen MR) is 73.6 cm³/mol. The number of esters is 1. The highest BCUT2D eigenvalue weighted by molar-refractivity contribution is 6.55. The number of ether oxygens (including phenoxy) is 1. The fourth-order valence-corrected chi connectivity index (χ4v) is 3.16. The fraction of sp³-hybridized carbons (Fsp3) is 0.429. The van der Waals surface area contributed by atoms with Crippen LogP contribution in [0.25, 0.3) is 0 Å². The lowest BCUT2D eigenvalue weighted by Crippen LogP contribution is -2.14. The summed E-state index contributed by atoms with van der Waals surface area (Å²) in [5.74, 6) is -0.458. The van der Waals surface area contributed by atoms with Crippen LogP contribution in [-0.2, 0) is 16.1 Å². The maximum atomic E-state index is 11.6. The average molecular weight is 261 g/mol. The highest BCUT2D eigenvalue weighted by Crippen LogP contribution is 2.13. The van der Waals surface area contributed by atoms with Gasteiger partial charge >= 0.3 is 5.97 Å². The van der Waals surface area contributed by atoms with Gasteiger partial charge < -0.3 is 4.74 Å². The Morgan fingerprint density at radius 2 is 2.06 bits per heavy atom. The minimum absolute atomic E-state index is 0.181. The van der Waals surface area contributed by atoms with Gasteiger partial charge in [0.25, 0.3) is 0 Å². The molecule has 0 N–H and O–H groups in total. The van der Waals surface area contributed by atoms with E-state index in [1.807, 2.05) is 30.3 Å². The minimum Gasteiger partial charge on any atom is -0.461 e. The van der Waals surface area contributed by atoms with Crippen molar-refractivity contribution in [2.45, 2.75) is 32.2 Å². The summed E-state index contributed by atoms with van der Waals surface area (Å²) < 4.78 is 5.17. The summed E-state index contributed by atoms with van der Waals surface area (Å²) in [6.07, 6.45) is 0.217. The number of carbonyl (C=O) groups excluding carboxylic acids is 1. The largest absolute Gasteiger partial charge is 0.461 e. The lowest BCUT2D eigenvalue weighted by atomic mass is 10.1. The molecule has 0 aliphatic carbocycles. The van der Waals surface area contributed by atoms with E-state index >= 15 is 0 Å². The number of rotatable bonds is 6. The first-order valence-electron chi connectivity index (χ1n) is 6.21. The van der Waals surface area contributed by atoms with Crippen LogP contribution in [0.3, 0.4) is 0 Å². The smallest absolute Gasteiger partial charge is 0.307 e. The zero-order valence-corrected chi connectivity index (χ0v) is 12.1. The van der Waals surface area contributed by atoms with Gasteiger partial charge in [0.15, 0.2) is 0 Å². The molecular weight excluding hydrogens is 242 g/mol. The topological polar surface area (TPSA) is 50.1 Å². The molecule has 3 nitrogen and oxygen atoms in total. The molecule has 1 aromatic rings. The van der Waals surface area contributed by atoms with Gasteiger partial charge in [-0.05, 0) is 11.6 Å². The van der Waals surface area contributed by atoms with Crippen molar-refractivity contribution >= 4 is 14.8 Å². The first-order valence-corrected chi connectivity index (χ1v) is 9.33. The molecule has 0 aliphatic rings. The van der Waals surface area contributed by atoms with Gasteiger partial charge in [-0.2, -0.15) is 5.26 Å². The van der Waals surface area contributed by atoms with Crippen LogP contribution in [0.1, 0.15) is 12.0 Å². The van der Waals surface area contributed by atoms with Gasteiger partial charge in [0, 0.05) is 8.80 Å². The summed E-state index contributed by atoms with van der Waals surface area (Å²) in [6.45, 7) is 4.65. The Kier molecular flexibility index (Phi) is 6.16. The van der Waals surface area contributed by atoms with Crippen LogP contribution in [0.5, 0.6) is 0 Å². The molecule has 0 aromatic heterocycles. The van der Waals surface area contributed by atoms with Crippen LogP contribution in [0, 0.1) is 17.2 Å². The quantitative estimate of drug-likeness (QED) is 0.584. The molecule has 0 saturated carbocycles. The van der Waals surface area contributed by atoms with Crippen molar-refractivity contribution < 1.29 is 9.53 Å². The molecule has 0 saturated heterocycles. The summed E-state index contributed by atoms with van der Waals surface area (Å²) in [4.78, 5) is 11.6. The summed E-state index contributed by atoms with van der Waals surface area (Å²) in [5, 5.41) is 8.97. The summed E-state index contributed by atoms with van der Waals surface area (Å²) in [7, 11) is -0.815. The third-order valence-electron chi connectivity index (χ3n) is 2.59. The minimum atomic E-state index is -0.815.